The first-order valence-electron chi connectivity index (χ1n) is 9.22. The average Bonchev–Trinajstić information content (AvgIpc) is 2.78. The Bertz CT molecular complexity index is 926. The number of nitrogens with one attached hydrogen (secondary N) is 1. The van der Waals surface area contributed by atoms with Crippen LogP contribution in [0.1, 0.15) is 5.56 Å². The van der Waals surface area contributed by atoms with E-state index >= 15 is 0 Å². The lowest BCUT2D eigenvalue weighted by Gasteiger charge is -2.28. The fourth-order valence-corrected chi connectivity index (χ4v) is 3.03. The van der Waals surface area contributed by atoms with E-state index in [9.17, 15) is 10.1 Å². The van der Waals surface area contributed by atoms with Crippen molar-refractivity contribution in [3.63, 3.8) is 0 Å². The van der Waals surface area contributed by atoms with E-state index in [4.69, 9.17) is 14.2 Å². The van der Waals surface area contributed by atoms with E-state index in [0.717, 1.165) is 37.6 Å². The summed E-state index contributed by atoms with van der Waals surface area (Å²) in [6, 6.07) is 14.7. The molecule has 1 N–H and O–H groups in total. The molecule has 0 aromatic heterocycles. The van der Waals surface area contributed by atoms with Crippen LogP contribution in [0.15, 0.2) is 48.0 Å². The first-order valence-corrected chi connectivity index (χ1v) is 9.22. The molecule has 3 rings (SSSR count). The van der Waals surface area contributed by atoms with Crippen LogP contribution in [0, 0.1) is 11.3 Å². The van der Waals surface area contributed by atoms with Crippen molar-refractivity contribution in [1.29, 1.82) is 5.26 Å². The Morgan fingerprint density at radius 3 is 2.41 bits per heavy atom. The predicted molar refractivity (Wildman–Crippen MR) is 111 cm³/mol. The Hall–Kier alpha value is -3.50. The zero-order valence-corrected chi connectivity index (χ0v) is 16.5. The molecule has 150 valence electrons. The Morgan fingerprint density at radius 2 is 1.79 bits per heavy atom. The second kappa shape index (κ2) is 9.62. The van der Waals surface area contributed by atoms with E-state index in [-0.39, 0.29) is 5.57 Å². The van der Waals surface area contributed by atoms with Gasteiger partial charge in [-0.05, 0) is 35.9 Å². The van der Waals surface area contributed by atoms with E-state index in [1.54, 1.807) is 24.3 Å². The average molecular weight is 393 g/mol. The third kappa shape index (κ3) is 5.06. The zero-order chi connectivity index (χ0) is 20.6. The molecule has 1 amide bonds. The van der Waals surface area contributed by atoms with Crippen molar-refractivity contribution < 1.29 is 19.0 Å². The van der Waals surface area contributed by atoms with Gasteiger partial charge in [0.2, 0.25) is 0 Å². The Balaban J connectivity index is 1.72. The second-order valence-corrected chi connectivity index (χ2v) is 6.38. The summed E-state index contributed by atoms with van der Waals surface area (Å²) in [4.78, 5) is 14.8. The van der Waals surface area contributed by atoms with Crippen molar-refractivity contribution >= 4 is 23.4 Å². The number of amides is 1. The van der Waals surface area contributed by atoms with Gasteiger partial charge in [0, 0.05) is 30.5 Å². The van der Waals surface area contributed by atoms with Gasteiger partial charge in [0.15, 0.2) is 11.5 Å². The van der Waals surface area contributed by atoms with E-state index in [2.05, 4.69) is 10.2 Å². The van der Waals surface area contributed by atoms with Crippen molar-refractivity contribution in [2.75, 3.05) is 50.7 Å². The zero-order valence-electron chi connectivity index (χ0n) is 16.5. The van der Waals surface area contributed by atoms with Gasteiger partial charge in [0.05, 0.1) is 27.4 Å². The Kier molecular flexibility index (Phi) is 6.72. The molecule has 0 spiro atoms. The van der Waals surface area contributed by atoms with E-state index in [0.29, 0.717) is 17.2 Å². The number of nitriles is 1. The van der Waals surface area contributed by atoms with Crippen LogP contribution in [-0.4, -0.2) is 46.4 Å². The monoisotopic (exact) mass is 393 g/mol. The van der Waals surface area contributed by atoms with Crippen LogP contribution in [0.3, 0.4) is 0 Å². The second-order valence-electron chi connectivity index (χ2n) is 6.38. The topological polar surface area (TPSA) is 83.8 Å². The first-order chi connectivity index (χ1) is 14.1. The highest BCUT2D eigenvalue weighted by Crippen LogP contribution is 2.30. The lowest BCUT2D eigenvalue weighted by molar-refractivity contribution is -0.112. The maximum Gasteiger partial charge on any atom is 0.266 e. The van der Waals surface area contributed by atoms with Gasteiger partial charge in [-0.2, -0.15) is 5.26 Å². The summed E-state index contributed by atoms with van der Waals surface area (Å²) in [6.07, 6.45) is 1.57. The molecule has 2 aromatic carbocycles. The smallest absolute Gasteiger partial charge is 0.266 e. The molecule has 0 unspecified atom stereocenters. The number of ether oxygens (including phenoxy) is 3. The third-order valence-electron chi connectivity index (χ3n) is 4.59. The molecule has 7 nitrogen and oxygen atoms in total. The fraction of sp³-hybridized carbons (Fsp3) is 0.273. The highest BCUT2D eigenvalue weighted by atomic mass is 16.5. The number of benzene rings is 2. The molecule has 0 saturated carbocycles. The fourth-order valence-electron chi connectivity index (χ4n) is 3.03. The molecule has 1 fully saturated rings. The number of anilines is 2. The predicted octanol–water partition coefficient (Wildman–Crippen LogP) is 3.09. The van der Waals surface area contributed by atoms with Crippen LogP contribution in [0.2, 0.25) is 0 Å². The van der Waals surface area contributed by atoms with Gasteiger partial charge in [0.1, 0.15) is 11.6 Å². The molecule has 2 aromatic rings. The number of morpholine rings is 1. The number of methoxy groups -OCH3 is 2. The number of hydrogen-bond donors (Lipinski definition) is 1. The minimum atomic E-state index is -0.489. The number of carbonyl (C=O) groups is 1. The molecule has 1 heterocycles. The van der Waals surface area contributed by atoms with Gasteiger partial charge >= 0.3 is 0 Å². The summed E-state index contributed by atoms with van der Waals surface area (Å²) in [5, 5.41) is 12.1. The highest BCUT2D eigenvalue weighted by molar-refractivity contribution is 6.09. The molecule has 29 heavy (non-hydrogen) atoms. The number of carbonyl (C=O) groups excluding carboxylic acids is 1. The van der Waals surface area contributed by atoms with Crippen molar-refractivity contribution in [2.24, 2.45) is 0 Å². The molecule has 1 saturated heterocycles. The Labute approximate surface area is 170 Å². The van der Waals surface area contributed by atoms with Gasteiger partial charge in [-0.1, -0.05) is 12.1 Å². The van der Waals surface area contributed by atoms with Crippen molar-refractivity contribution in [3.8, 4) is 17.6 Å². The molecule has 0 bridgehead atoms. The van der Waals surface area contributed by atoms with Crippen LogP contribution in [0.4, 0.5) is 11.4 Å². The quantitative estimate of drug-likeness (QED) is 0.600. The standard InChI is InChI=1S/C22H23N3O4/c1-27-20-8-5-18(14-21(20)28-2)24-22(26)17(15-23)13-16-3-6-19(7-4-16)25-9-11-29-12-10-25/h3-8,13-14H,9-12H2,1-2H3,(H,24,26)/b17-13+. The Morgan fingerprint density at radius 1 is 1.10 bits per heavy atom. The summed E-state index contributed by atoms with van der Waals surface area (Å²) in [7, 11) is 3.06. The minimum Gasteiger partial charge on any atom is -0.493 e. The van der Waals surface area contributed by atoms with Crippen LogP contribution in [0.5, 0.6) is 11.5 Å². The first kappa shape index (κ1) is 20.2. The van der Waals surface area contributed by atoms with Crippen molar-refractivity contribution in [3.05, 3.63) is 53.6 Å². The lowest BCUT2D eigenvalue weighted by atomic mass is 10.1. The van der Waals surface area contributed by atoms with Crippen LogP contribution < -0.4 is 19.7 Å². The summed E-state index contributed by atoms with van der Waals surface area (Å²) in [6.45, 7) is 3.14. The lowest BCUT2D eigenvalue weighted by Crippen LogP contribution is -2.36. The largest absolute Gasteiger partial charge is 0.493 e. The molecule has 0 radical (unpaired) electrons. The van der Waals surface area contributed by atoms with Crippen LogP contribution in [-0.2, 0) is 9.53 Å². The highest BCUT2D eigenvalue weighted by Gasteiger charge is 2.13. The maximum atomic E-state index is 12.5. The van der Waals surface area contributed by atoms with E-state index in [1.165, 1.54) is 14.2 Å². The molecule has 1 aliphatic heterocycles. The molecule has 0 atom stereocenters. The van der Waals surface area contributed by atoms with Gasteiger partial charge in [-0.15, -0.1) is 0 Å². The summed E-state index contributed by atoms with van der Waals surface area (Å²) in [5.41, 5.74) is 2.40. The molecule has 1 aliphatic rings. The van der Waals surface area contributed by atoms with Gasteiger partial charge in [-0.3, -0.25) is 4.79 Å². The van der Waals surface area contributed by atoms with Gasteiger partial charge < -0.3 is 24.4 Å². The van der Waals surface area contributed by atoms with Gasteiger partial charge in [-0.25, -0.2) is 0 Å². The maximum absolute atomic E-state index is 12.5. The number of nitrogens with zero attached hydrogens (tertiary/aromatic N) is 2. The summed E-state index contributed by atoms with van der Waals surface area (Å²) >= 11 is 0. The summed E-state index contributed by atoms with van der Waals surface area (Å²) < 4.78 is 15.8. The van der Waals surface area contributed by atoms with Gasteiger partial charge in [0.25, 0.3) is 5.91 Å². The third-order valence-corrected chi connectivity index (χ3v) is 4.59. The number of hydrogen-bond acceptors (Lipinski definition) is 6. The molecule has 0 aliphatic carbocycles. The molecule has 7 heteroatoms. The van der Waals surface area contributed by atoms with E-state index < -0.39 is 5.91 Å². The normalized spacial score (nSPS) is 14.1. The van der Waals surface area contributed by atoms with Crippen molar-refractivity contribution in [1.82, 2.24) is 0 Å². The van der Waals surface area contributed by atoms with Crippen LogP contribution >= 0.6 is 0 Å². The SMILES string of the molecule is COc1ccc(NC(=O)/C(C#N)=C/c2ccc(N3CCOCC3)cc2)cc1OC. The minimum absolute atomic E-state index is 0.0129. The summed E-state index contributed by atoms with van der Waals surface area (Å²) in [5.74, 6) is 0.561. The molecular weight excluding hydrogens is 370 g/mol. The van der Waals surface area contributed by atoms with Crippen molar-refractivity contribution in [2.45, 2.75) is 0 Å². The van der Waals surface area contributed by atoms with Crippen LogP contribution in [0.25, 0.3) is 6.08 Å². The number of rotatable bonds is 6. The molecular formula is C22H23N3O4. The van der Waals surface area contributed by atoms with E-state index in [1.807, 2.05) is 30.3 Å².